The van der Waals surface area contributed by atoms with E-state index in [2.05, 4.69) is 28.6 Å². The second-order valence-electron chi connectivity index (χ2n) is 8.87. The first-order valence-electron chi connectivity index (χ1n) is 11.7. The Labute approximate surface area is 225 Å². The van der Waals surface area contributed by atoms with Crippen LogP contribution in [0.3, 0.4) is 0 Å². The number of cyclic esters (lactones) is 1. The molecule has 0 spiro atoms. The molecule has 0 aliphatic carbocycles. The minimum Gasteiger partial charge on any atom is -0.457 e. The number of aliphatic hydroxyl groups is 1. The Balaban J connectivity index is 2.40. The van der Waals surface area contributed by atoms with E-state index < -0.39 is 54.0 Å². The second kappa shape index (κ2) is 15.3. The van der Waals surface area contributed by atoms with E-state index in [4.69, 9.17) is 4.74 Å². The number of thioether (sulfide) groups is 1. The molecular formula is C24H35N3O6S3. The fourth-order valence-electron chi connectivity index (χ4n) is 3.76. The predicted octanol–water partition coefficient (Wildman–Crippen LogP) is 1.32. The number of amides is 3. The summed E-state index contributed by atoms with van der Waals surface area (Å²) in [5.74, 6) is -1.71. The maximum absolute atomic E-state index is 13.3. The molecule has 0 saturated carbocycles. The van der Waals surface area contributed by atoms with Gasteiger partial charge in [0.2, 0.25) is 17.7 Å². The number of hydrogen-bond acceptors (Lipinski definition) is 9. The summed E-state index contributed by atoms with van der Waals surface area (Å²) in [7, 11) is 0. The van der Waals surface area contributed by atoms with Crippen molar-refractivity contribution in [2.75, 3.05) is 17.8 Å². The van der Waals surface area contributed by atoms with Crippen molar-refractivity contribution in [2.45, 2.75) is 63.4 Å². The maximum Gasteiger partial charge on any atom is 0.309 e. The van der Waals surface area contributed by atoms with Crippen LogP contribution in [-0.4, -0.2) is 76.9 Å². The van der Waals surface area contributed by atoms with Crippen LogP contribution in [0.1, 0.15) is 32.3 Å². The zero-order chi connectivity index (χ0) is 26.7. The van der Waals surface area contributed by atoms with Gasteiger partial charge in [0.05, 0.1) is 25.0 Å². The smallest absolute Gasteiger partial charge is 0.309 e. The van der Waals surface area contributed by atoms with Gasteiger partial charge in [-0.15, -0.1) is 0 Å². The van der Waals surface area contributed by atoms with E-state index in [9.17, 15) is 24.3 Å². The highest BCUT2D eigenvalue weighted by Crippen LogP contribution is 2.15. The fourth-order valence-corrected chi connectivity index (χ4v) is 5.13. The molecule has 4 N–H and O–H groups in total. The Morgan fingerprint density at radius 1 is 1.17 bits per heavy atom. The quantitative estimate of drug-likeness (QED) is 0.194. The molecule has 1 aromatic heterocycles. The number of thiol groups is 1. The van der Waals surface area contributed by atoms with Gasteiger partial charge in [0.15, 0.2) is 0 Å². The highest BCUT2D eigenvalue weighted by atomic mass is 32.2. The van der Waals surface area contributed by atoms with Gasteiger partial charge in [-0.1, -0.05) is 19.9 Å². The highest BCUT2D eigenvalue weighted by Gasteiger charge is 2.33. The topological polar surface area (TPSA) is 134 Å². The predicted molar refractivity (Wildman–Crippen MR) is 145 cm³/mol. The number of rotatable bonds is 7. The number of aliphatic hydroxyl groups excluding tert-OH is 1. The molecule has 1 aliphatic rings. The van der Waals surface area contributed by atoms with E-state index in [0.29, 0.717) is 5.75 Å². The first-order valence-corrected chi connectivity index (χ1v) is 14.7. The van der Waals surface area contributed by atoms with Gasteiger partial charge in [-0.25, -0.2) is 0 Å². The molecule has 2 rings (SSSR count). The third kappa shape index (κ3) is 9.79. The highest BCUT2D eigenvalue weighted by molar-refractivity contribution is 7.98. The van der Waals surface area contributed by atoms with E-state index in [1.165, 1.54) is 23.1 Å². The monoisotopic (exact) mass is 557 g/mol. The average molecular weight is 558 g/mol. The van der Waals surface area contributed by atoms with Gasteiger partial charge in [-0.2, -0.15) is 35.7 Å². The summed E-state index contributed by atoms with van der Waals surface area (Å²) in [6.07, 6.45) is 2.56. The lowest BCUT2D eigenvalue weighted by Gasteiger charge is -2.29. The molecule has 1 aliphatic heterocycles. The Bertz CT molecular complexity index is 909. The lowest BCUT2D eigenvalue weighted by Crippen LogP contribution is -2.58. The van der Waals surface area contributed by atoms with Gasteiger partial charge in [0.25, 0.3) is 0 Å². The van der Waals surface area contributed by atoms with Crippen molar-refractivity contribution in [1.82, 2.24) is 16.0 Å². The number of hydrogen-bond donors (Lipinski definition) is 5. The SMILES string of the molecule is CSC[C@H]1NC(=O)[C@@H](Cc2ccsc2)NC(=O)C[C@@H](/C=C/CS)OC(=O)C[C@H](O)[C@@H](C(C)C)NC1=O. The maximum atomic E-state index is 13.3. The zero-order valence-corrected chi connectivity index (χ0v) is 23.2. The Morgan fingerprint density at radius 3 is 2.50 bits per heavy atom. The van der Waals surface area contributed by atoms with Gasteiger partial charge < -0.3 is 25.8 Å². The van der Waals surface area contributed by atoms with Crippen LogP contribution in [-0.2, 0) is 30.3 Å². The van der Waals surface area contributed by atoms with E-state index >= 15 is 0 Å². The van der Waals surface area contributed by atoms with Gasteiger partial charge in [-0.3, -0.25) is 19.2 Å². The molecule has 0 unspecified atom stereocenters. The standard InChI is InChI=1S/C24H35N3O6S3/c1-14(2)22-19(28)11-21(30)33-16(5-4-7-34)10-20(29)25-17(9-15-6-8-36-12-15)23(31)26-18(13-35-3)24(32)27-22/h4-6,8,12,14,16-19,22,28,34H,7,9-11,13H2,1-3H3,(H,25,29)(H,26,31)(H,27,32)/b5-4+/t16-,17-,18-,19+,22-/m1/s1. The number of ether oxygens (including phenoxy) is 1. The third-order valence-corrected chi connectivity index (χ3v) is 7.19. The molecule has 3 amide bonds. The van der Waals surface area contributed by atoms with Gasteiger partial charge in [0, 0.05) is 17.9 Å². The molecule has 1 aromatic rings. The van der Waals surface area contributed by atoms with E-state index in [-0.39, 0.29) is 30.9 Å². The van der Waals surface area contributed by atoms with Crippen molar-refractivity contribution in [3.8, 4) is 0 Å². The summed E-state index contributed by atoms with van der Waals surface area (Å²) in [5, 5.41) is 22.8. The number of esters is 1. The van der Waals surface area contributed by atoms with Gasteiger partial charge in [-0.05, 0) is 40.6 Å². The van der Waals surface area contributed by atoms with Crippen molar-refractivity contribution in [2.24, 2.45) is 5.92 Å². The molecule has 1 fully saturated rings. The molecule has 2 heterocycles. The number of thiophene rings is 1. The van der Waals surface area contributed by atoms with Crippen LogP contribution in [0.5, 0.6) is 0 Å². The lowest BCUT2D eigenvalue weighted by molar-refractivity contribution is -0.151. The fraction of sp³-hybridized carbons (Fsp3) is 0.583. The summed E-state index contributed by atoms with van der Waals surface area (Å²) in [5.41, 5.74) is 0.866. The summed E-state index contributed by atoms with van der Waals surface area (Å²) in [6.45, 7) is 3.63. The Hall–Kier alpha value is -2.02. The van der Waals surface area contributed by atoms with Gasteiger partial charge >= 0.3 is 5.97 Å². The van der Waals surface area contributed by atoms with E-state index in [1.54, 1.807) is 12.2 Å². The lowest BCUT2D eigenvalue weighted by atomic mass is 9.96. The van der Waals surface area contributed by atoms with Crippen LogP contribution >= 0.6 is 35.7 Å². The van der Waals surface area contributed by atoms with Crippen molar-refractivity contribution >= 4 is 59.4 Å². The number of nitrogens with one attached hydrogen (secondary N) is 3. The molecule has 1 saturated heterocycles. The first kappa shape index (κ1) is 30.2. The van der Waals surface area contributed by atoms with Crippen LogP contribution in [0.2, 0.25) is 0 Å². The summed E-state index contributed by atoms with van der Waals surface area (Å²) in [6, 6.07) is -0.721. The Morgan fingerprint density at radius 2 is 1.89 bits per heavy atom. The van der Waals surface area contributed by atoms with Crippen LogP contribution in [0.15, 0.2) is 29.0 Å². The van der Waals surface area contributed by atoms with Crippen LogP contribution < -0.4 is 16.0 Å². The van der Waals surface area contributed by atoms with Crippen molar-refractivity contribution in [3.05, 3.63) is 34.5 Å². The minimum absolute atomic E-state index is 0.201. The minimum atomic E-state index is -1.22. The molecule has 9 nitrogen and oxygen atoms in total. The molecule has 0 bridgehead atoms. The van der Waals surface area contributed by atoms with Crippen LogP contribution in [0, 0.1) is 5.92 Å². The summed E-state index contributed by atoms with van der Waals surface area (Å²) < 4.78 is 5.46. The molecule has 200 valence electrons. The first-order chi connectivity index (χ1) is 17.1. The van der Waals surface area contributed by atoms with Crippen LogP contribution in [0.25, 0.3) is 0 Å². The summed E-state index contributed by atoms with van der Waals surface area (Å²) >= 11 is 6.97. The normalized spacial score (nSPS) is 27.1. The third-order valence-electron chi connectivity index (χ3n) is 5.58. The zero-order valence-electron chi connectivity index (χ0n) is 20.6. The van der Waals surface area contributed by atoms with E-state index in [0.717, 1.165) is 5.56 Å². The van der Waals surface area contributed by atoms with Crippen LogP contribution in [0.4, 0.5) is 0 Å². The number of carbonyl (C=O) groups excluding carboxylic acids is 4. The number of carbonyl (C=O) groups is 4. The molecular weight excluding hydrogens is 522 g/mol. The van der Waals surface area contributed by atoms with E-state index in [1.807, 2.05) is 36.9 Å². The average Bonchev–Trinajstić information content (AvgIpc) is 3.32. The molecule has 36 heavy (non-hydrogen) atoms. The van der Waals surface area contributed by atoms with Gasteiger partial charge in [0.1, 0.15) is 18.2 Å². The Kier molecular flexibility index (Phi) is 12.8. The molecule has 5 atom stereocenters. The van der Waals surface area contributed by atoms with Crippen molar-refractivity contribution in [1.29, 1.82) is 0 Å². The molecule has 0 radical (unpaired) electrons. The molecule has 0 aromatic carbocycles. The largest absolute Gasteiger partial charge is 0.457 e. The summed E-state index contributed by atoms with van der Waals surface area (Å²) in [4.78, 5) is 51.9. The van der Waals surface area contributed by atoms with Crippen molar-refractivity contribution in [3.63, 3.8) is 0 Å². The van der Waals surface area contributed by atoms with Crippen molar-refractivity contribution < 1.29 is 29.0 Å². The second-order valence-corrected chi connectivity index (χ2v) is 10.9. The molecule has 12 heteroatoms.